The summed E-state index contributed by atoms with van der Waals surface area (Å²) >= 11 is 0. The molecule has 4 nitrogen and oxygen atoms in total. The molecule has 0 aliphatic heterocycles. The third kappa shape index (κ3) is 3.47. The molecule has 18 heavy (non-hydrogen) atoms. The van der Waals surface area contributed by atoms with Crippen molar-refractivity contribution in [2.45, 2.75) is 27.2 Å². The molecule has 1 aromatic carbocycles. The lowest BCUT2D eigenvalue weighted by Crippen LogP contribution is -2.23. The van der Waals surface area contributed by atoms with Crippen LogP contribution >= 0.6 is 0 Å². The SMILES string of the molecule is COc1c(C)cc(C)cc1NC(=O)C(C)CCN. The molecule has 0 spiro atoms. The van der Waals surface area contributed by atoms with Crippen LogP contribution in [0, 0.1) is 19.8 Å². The summed E-state index contributed by atoms with van der Waals surface area (Å²) in [5.41, 5.74) is 8.29. The number of hydrogen-bond acceptors (Lipinski definition) is 3. The predicted molar refractivity (Wildman–Crippen MR) is 73.9 cm³/mol. The number of carbonyl (C=O) groups is 1. The number of ether oxygens (including phenoxy) is 1. The van der Waals surface area contributed by atoms with E-state index in [2.05, 4.69) is 5.32 Å². The second kappa shape index (κ2) is 6.40. The lowest BCUT2D eigenvalue weighted by atomic mass is 10.1. The molecular formula is C14H22N2O2. The van der Waals surface area contributed by atoms with Crippen LogP contribution in [0.5, 0.6) is 5.75 Å². The number of rotatable bonds is 5. The third-order valence-corrected chi connectivity index (χ3v) is 2.93. The van der Waals surface area contributed by atoms with Gasteiger partial charge in [-0.05, 0) is 44.0 Å². The van der Waals surface area contributed by atoms with Gasteiger partial charge in [0.2, 0.25) is 5.91 Å². The fourth-order valence-electron chi connectivity index (χ4n) is 1.96. The van der Waals surface area contributed by atoms with Gasteiger partial charge in [0.25, 0.3) is 0 Å². The molecule has 100 valence electrons. The highest BCUT2D eigenvalue weighted by Crippen LogP contribution is 2.30. The van der Waals surface area contributed by atoms with E-state index in [9.17, 15) is 4.79 Å². The molecule has 0 aliphatic carbocycles. The van der Waals surface area contributed by atoms with E-state index in [1.807, 2.05) is 32.9 Å². The quantitative estimate of drug-likeness (QED) is 0.842. The van der Waals surface area contributed by atoms with Gasteiger partial charge >= 0.3 is 0 Å². The van der Waals surface area contributed by atoms with Crippen LogP contribution in [0.15, 0.2) is 12.1 Å². The highest BCUT2D eigenvalue weighted by Gasteiger charge is 2.15. The maximum absolute atomic E-state index is 12.0. The maximum atomic E-state index is 12.0. The molecule has 0 aromatic heterocycles. The van der Waals surface area contributed by atoms with Gasteiger partial charge in [0.15, 0.2) is 0 Å². The molecule has 4 heteroatoms. The first-order chi connectivity index (χ1) is 8.49. The number of hydrogen-bond donors (Lipinski definition) is 2. The molecule has 0 saturated carbocycles. The summed E-state index contributed by atoms with van der Waals surface area (Å²) in [6.07, 6.45) is 0.680. The molecule has 3 N–H and O–H groups in total. The summed E-state index contributed by atoms with van der Waals surface area (Å²) in [6.45, 7) is 6.34. The largest absolute Gasteiger partial charge is 0.494 e. The van der Waals surface area contributed by atoms with Crippen molar-refractivity contribution in [3.05, 3.63) is 23.3 Å². The van der Waals surface area contributed by atoms with Crippen LogP contribution < -0.4 is 15.8 Å². The number of nitrogens with two attached hydrogens (primary N) is 1. The van der Waals surface area contributed by atoms with E-state index < -0.39 is 0 Å². The molecular weight excluding hydrogens is 228 g/mol. The Bertz CT molecular complexity index is 430. The van der Waals surface area contributed by atoms with Crippen molar-refractivity contribution >= 4 is 11.6 Å². The van der Waals surface area contributed by atoms with Gasteiger partial charge in [0, 0.05) is 5.92 Å². The van der Waals surface area contributed by atoms with Gasteiger partial charge in [-0.25, -0.2) is 0 Å². The van der Waals surface area contributed by atoms with Gasteiger partial charge in [0.05, 0.1) is 12.8 Å². The van der Waals surface area contributed by atoms with Crippen LogP contribution in [0.4, 0.5) is 5.69 Å². The summed E-state index contributed by atoms with van der Waals surface area (Å²) < 4.78 is 5.33. The Hall–Kier alpha value is -1.55. The van der Waals surface area contributed by atoms with Crippen LogP contribution in [-0.2, 0) is 4.79 Å². The number of anilines is 1. The zero-order valence-corrected chi connectivity index (χ0v) is 11.5. The first-order valence-electron chi connectivity index (χ1n) is 6.15. The molecule has 1 atom stereocenters. The van der Waals surface area contributed by atoms with Gasteiger partial charge in [-0.3, -0.25) is 4.79 Å². The molecule has 1 rings (SSSR count). The number of nitrogens with one attached hydrogen (secondary N) is 1. The number of aryl methyl sites for hydroxylation is 2. The monoisotopic (exact) mass is 250 g/mol. The molecule has 0 fully saturated rings. The first-order valence-corrected chi connectivity index (χ1v) is 6.15. The summed E-state index contributed by atoms with van der Waals surface area (Å²) in [4.78, 5) is 12.0. The van der Waals surface area contributed by atoms with Crippen LogP contribution in [0.3, 0.4) is 0 Å². The van der Waals surface area contributed by atoms with Crippen LogP contribution in [0.2, 0.25) is 0 Å². The normalized spacial score (nSPS) is 12.1. The summed E-state index contributed by atoms with van der Waals surface area (Å²) in [5.74, 6) is 0.596. The molecule has 0 radical (unpaired) electrons. The summed E-state index contributed by atoms with van der Waals surface area (Å²) in [7, 11) is 1.61. The Morgan fingerprint density at radius 1 is 1.44 bits per heavy atom. The standard InChI is InChI=1S/C14H22N2O2/c1-9-7-11(3)13(18-4)12(8-9)16-14(17)10(2)5-6-15/h7-8,10H,5-6,15H2,1-4H3,(H,16,17). The molecule has 0 heterocycles. The smallest absolute Gasteiger partial charge is 0.227 e. The van der Waals surface area contributed by atoms with E-state index in [0.29, 0.717) is 18.7 Å². The Balaban J connectivity index is 2.93. The Morgan fingerprint density at radius 2 is 2.11 bits per heavy atom. The van der Waals surface area contributed by atoms with E-state index in [4.69, 9.17) is 10.5 Å². The Labute approximate surface area is 109 Å². The topological polar surface area (TPSA) is 64.3 Å². The minimum atomic E-state index is -0.0967. The van der Waals surface area contributed by atoms with Crippen molar-refractivity contribution in [1.82, 2.24) is 0 Å². The average molecular weight is 250 g/mol. The number of amides is 1. The lowest BCUT2D eigenvalue weighted by molar-refractivity contribution is -0.119. The second-order valence-corrected chi connectivity index (χ2v) is 4.63. The molecule has 1 unspecified atom stereocenters. The highest BCUT2D eigenvalue weighted by molar-refractivity contribution is 5.94. The zero-order valence-electron chi connectivity index (χ0n) is 11.5. The van der Waals surface area contributed by atoms with Gasteiger partial charge in [-0.1, -0.05) is 13.0 Å². The number of methoxy groups -OCH3 is 1. The molecule has 1 aromatic rings. The molecule has 0 aliphatic rings. The average Bonchev–Trinajstić information content (AvgIpc) is 2.28. The number of carbonyl (C=O) groups excluding carboxylic acids is 1. The van der Waals surface area contributed by atoms with Crippen molar-refractivity contribution < 1.29 is 9.53 Å². The fraction of sp³-hybridized carbons (Fsp3) is 0.500. The van der Waals surface area contributed by atoms with Crippen molar-refractivity contribution in [3.63, 3.8) is 0 Å². The first kappa shape index (κ1) is 14.5. The van der Waals surface area contributed by atoms with Crippen LogP contribution in [0.1, 0.15) is 24.5 Å². The van der Waals surface area contributed by atoms with Crippen LogP contribution in [0.25, 0.3) is 0 Å². The highest BCUT2D eigenvalue weighted by atomic mass is 16.5. The molecule has 0 saturated heterocycles. The van der Waals surface area contributed by atoms with Crippen molar-refractivity contribution in [3.8, 4) is 5.75 Å². The van der Waals surface area contributed by atoms with E-state index in [-0.39, 0.29) is 11.8 Å². The van der Waals surface area contributed by atoms with Crippen molar-refractivity contribution in [2.75, 3.05) is 19.0 Å². The van der Waals surface area contributed by atoms with Crippen molar-refractivity contribution in [1.29, 1.82) is 0 Å². The minimum Gasteiger partial charge on any atom is -0.494 e. The van der Waals surface area contributed by atoms with E-state index >= 15 is 0 Å². The van der Waals surface area contributed by atoms with E-state index in [1.54, 1.807) is 7.11 Å². The van der Waals surface area contributed by atoms with Gasteiger partial charge in [-0.15, -0.1) is 0 Å². The molecule has 0 bridgehead atoms. The van der Waals surface area contributed by atoms with E-state index in [0.717, 1.165) is 16.8 Å². The van der Waals surface area contributed by atoms with E-state index in [1.165, 1.54) is 0 Å². The summed E-state index contributed by atoms with van der Waals surface area (Å²) in [5, 5.41) is 2.91. The van der Waals surface area contributed by atoms with Gasteiger partial charge < -0.3 is 15.8 Å². The predicted octanol–water partition coefficient (Wildman–Crippen LogP) is 2.24. The van der Waals surface area contributed by atoms with Crippen molar-refractivity contribution in [2.24, 2.45) is 11.7 Å². The Kier molecular flexibility index (Phi) is 5.16. The molecule has 1 amide bonds. The maximum Gasteiger partial charge on any atom is 0.227 e. The second-order valence-electron chi connectivity index (χ2n) is 4.63. The van der Waals surface area contributed by atoms with Gasteiger partial charge in [0.1, 0.15) is 5.75 Å². The van der Waals surface area contributed by atoms with Gasteiger partial charge in [-0.2, -0.15) is 0 Å². The zero-order chi connectivity index (χ0) is 13.7. The summed E-state index contributed by atoms with van der Waals surface area (Å²) in [6, 6.07) is 3.94. The van der Waals surface area contributed by atoms with Crippen LogP contribution in [-0.4, -0.2) is 19.6 Å². The fourth-order valence-corrected chi connectivity index (χ4v) is 1.96. The lowest BCUT2D eigenvalue weighted by Gasteiger charge is -2.16. The third-order valence-electron chi connectivity index (χ3n) is 2.93. The Morgan fingerprint density at radius 3 is 2.67 bits per heavy atom. The number of benzene rings is 1. The minimum absolute atomic E-state index is 0.0243.